The molecular formula is C24H35NO. The van der Waals surface area contributed by atoms with Crippen molar-refractivity contribution in [3.05, 3.63) is 0 Å². The molecule has 6 bridgehead atoms. The van der Waals surface area contributed by atoms with Crippen LogP contribution in [0.2, 0.25) is 0 Å². The fourth-order valence-electron chi connectivity index (χ4n) is 8.47. The second-order valence-electron chi connectivity index (χ2n) is 11.4. The minimum atomic E-state index is 0.0737. The van der Waals surface area contributed by atoms with Crippen LogP contribution in [0.1, 0.15) is 103 Å². The Hall–Kier alpha value is -0.660. The first kappa shape index (κ1) is 16.3. The normalized spacial score (nSPS) is 51.7. The highest BCUT2D eigenvalue weighted by molar-refractivity contribution is 6.07. The van der Waals surface area contributed by atoms with Gasteiger partial charge in [-0.25, -0.2) is 0 Å². The molecule has 6 fully saturated rings. The van der Waals surface area contributed by atoms with Crippen LogP contribution in [0.5, 0.6) is 0 Å². The topological polar surface area (TPSA) is 29.4 Å². The molecule has 2 nitrogen and oxygen atoms in total. The van der Waals surface area contributed by atoms with Crippen molar-refractivity contribution >= 4 is 11.5 Å². The van der Waals surface area contributed by atoms with Crippen molar-refractivity contribution in [1.29, 1.82) is 0 Å². The molecule has 0 spiro atoms. The first-order chi connectivity index (χ1) is 12.6. The molecule has 0 aromatic rings. The summed E-state index contributed by atoms with van der Waals surface area (Å²) in [5.41, 5.74) is 2.07. The van der Waals surface area contributed by atoms with E-state index in [0.29, 0.717) is 11.2 Å². The highest BCUT2D eigenvalue weighted by atomic mass is 16.1. The van der Waals surface area contributed by atoms with Gasteiger partial charge in [-0.2, -0.15) is 0 Å². The van der Waals surface area contributed by atoms with Crippen molar-refractivity contribution in [2.24, 2.45) is 33.6 Å². The molecule has 0 amide bonds. The third kappa shape index (κ3) is 2.29. The molecular weight excluding hydrogens is 318 g/mol. The van der Waals surface area contributed by atoms with E-state index in [2.05, 4.69) is 0 Å². The average Bonchev–Trinajstić information content (AvgIpc) is 3.49. The van der Waals surface area contributed by atoms with E-state index in [1.807, 2.05) is 0 Å². The lowest BCUT2D eigenvalue weighted by Gasteiger charge is -2.34. The van der Waals surface area contributed by atoms with Crippen LogP contribution in [0, 0.1) is 28.6 Å². The summed E-state index contributed by atoms with van der Waals surface area (Å²) in [6.45, 7) is 0. The molecule has 6 saturated carbocycles. The molecule has 0 saturated heterocycles. The maximum Gasteiger partial charge on any atom is 0.144 e. The second kappa shape index (κ2) is 5.45. The summed E-state index contributed by atoms with van der Waals surface area (Å²) < 4.78 is 0. The molecule has 0 radical (unpaired) electrons. The van der Waals surface area contributed by atoms with Gasteiger partial charge >= 0.3 is 0 Å². The fraction of sp³-hybridized carbons (Fsp3) is 0.917. The van der Waals surface area contributed by atoms with E-state index < -0.39 is 0 Å². The smallest absolute Gasteiger partial charge is 0.144 e. The van der Waals surface area contributed by atoms with E-state index in [4.69, 9.17) is 4.99 Å². The number of ketones is 1. The highest BCUT2D eigenvalue weighted by Gasteiger charge is 2.54. The van der Waals surface area contributed by atoms with Gasteiger partial charge in [0.1, 0.15) is 5.78 Å². The van der Waals surface area contributed by atoms with E-state index in [9.17, 15) is 4.79 Å². The largest absolute Gasteiger partial charge is 0.299 e. The molecule has 6 aliphatic rings. The number of carbonyl (C=O) groups excluding carboxylic acids is 1. The first-order valence-electron chi connectivity index (χ1n) is 11.7. The van der Waals surface area contributed by atoms with Gasteiger partial charge < -0.3 is 0 Å². The van der Waals surface area contributed by atoms with Crippen LogP contribution < -0.4 is 0 Å². The Morgan fingerprint density at radius 3 is 1.65 bits per heavy atom. The van der Waals surface area contributed by atoms with Gasteiger partial charge in [0.2, 0.25) is 0 Å². The predicted molar refractivity (Wildman–Crippen MR) is 104 cm³/mol. The Kier molecular flexibility index (Phi) is 3.42. The zero-order valence-corrected chi connectivity index (χ0v) is 16.4. The van der Waals surface area contributed by atoms with E-state index in [1.54, 1.807) is 0 Å². The van der Waals surface area contributed by atoms with Crippen molar-refractivity contribution in [3.63, 3.8) is 0 Å². The van der Waals surface area contributed by atoms with E-state index in [-0.39, 0.29) is 11.0 Å². The number of nitrogens with zero attached hydrogens (tertiary/aromatic N) is 1. The quantitative estimate of drug-likeness (QED) is 0.567. The molecule has 0 N–H and O–H groups in total. The zero-order chi connectivity index (χ0) is 17.4. The molecule has 6 aliphatic carbocycles. The van der Waals surface area contributed by atoms with Gasteiger partial charge in [0.25, 0.3) is 0 Å². The van der Waals surface area contributed by atoms with Crippen LogP contribution in [-0.4, -0.2) is 17.0 Å². The molecule has 0 aromatic heterocycles. The van der Waals surface area contributed by atoms with Gasteiger partial charge in [0.05, 0.1) is 5.54 Å². The van der Waals surface area contributed by atoms with Crippen LogP contribution >= 0.6 is 0 Å². The molecule has 0 atom stereocenters. The van der Waals surface area contributed by atoms with Gasteiger partial charge in [-0.1, -0.05) is 0 Å². The maximum atomic E-state index is 13.6. The van der Waals surface area contributed by atoms with Crippen LogP contribution in [0.4, 0.5) is 0 Å². The van der Waals surface area contributed by atoms with E-state index in [0.717, 1.165) is 24.2 Å². The number of hydrogen-bond donors (Lipinski definition) is 0. The van der Waals surface area contributed by atoms with Crippen molar-refractivity contribution in [2.45, 2.75) is 108 Å². The summed E-state index contributed by atoms with van der Waals surface area (Å²) in [7, 11) is 0. The number of fused-ring (bicyclic) bond motifs is 6. The summed E-state index contributed by atoms with van der Waals surface area (Å²) in [5, 5.41) is 0. The number of carbonyl (C=O) groups is 1. The first-order valence-corrected chi connectivity index (χ1v) is 11.7. The summed E-state index contributed by atoms with van der Waals surface area (Å²) in [5.74, 6) is 3.35. The Labute approximate surface area is 158 Å². The number of Topliss-reactive ketones (excluding diaryl/α,β-unsaturated/α-hetero) is 1. The lowest BCUT2D eigenvalue weighted by molar-refractivity contribution is -0.127. The van der Waals surface area contributed by atoms with Crippen LogP contribution in [-0.2, 0) is 4.79 Å². The van der Waals surface area contributed by atoms with Crippen LogP contribution in [0.3, 0.4) is 0 Å². The lowest BCUT2D eigenvalue weighted by atomic mass is 9.72. The standard InChI is InChI=1S/C24H35NO/c26-21(23-9-3-18(15-23)4-10-23)13-20(22-7-1-17(14-22)2-8-22)25-24-11-5-19(16-24)6-12-24/h17-19H,1-16H2. The van der Waals surface area contributed by atoms with Crippen molar-refractivity contribution in [1.82, 2.24) is 0 Å². The molecule has 2 heteroatoms. The molecule has 0 unspecified atom stereocenters. The summed E-state index contributed by atoms with van der Waals surface area (Å²) in [6.07, 6.45) is 20.5. The Bertz CT molecular complexity index is 637. The molecule has 0 aromatic carbocycles. The Balaban J connectivity index is 1.32. The van der Waals surface area contributed by atoms with E-state index in [1.165, 1.54) is 102 Å². The summed E-state index contributed by atoms with van der Waals surface area (Å²) in [6, 6.07) is 0. The van der Waals surface area contributed by atoms with Crippen molar-refractivity contribution < 1.29 is 4.79 Å². The Morgan fingerprint density at radius 2 is 1.19 bits per heavy atom. The highest BCUT2D eigenvalue weighted by Crippen LogP contribution is 2.59. The van der Waals surface area contributed by atoms with Crippen LogP contribution in [0.25, 0.3) is 0 Å². The SMILES string of the molecule is O=C(CC(=NC12CCC(CC1)C2)C12CCC(CC1)C2)C12CCC(CC1)C2. The van der Waals surface area contributed by atoms with Crippen molar-refractivity contribution in [2.75, 3.05) is 0 Å². The van der Waals surface area contributed by atoms with Crippen LogP contribution in [0.15, 0.2) is 4.99 Å². The Morgan fingerprint density at radius 1 is 0.692 bits per heavy atom. The minimum Gasteiger partial charge on any atom is -0.299 e. The fourth-order valence-corrected chi connectivity index (χ4v) is 8.47. The lowest BCUT2D eigenvalue weighted by Crippen LogP contribution is -2.36. The molecule has 0 heterocycles. The van der Waals surface area contributed by atoms with Gasteiger partial charge in [0.15, 0.2) is 0 Å². The van der Waals surface area contributed by atoms with Crippen molar-refractivity contribution in [3.8, 4) is 0 Å². The summed E-state index contributed by atoms with van der Waals surface area (Å²) in [4.78, 5) is 19.2. The third-order valence-electron chi connectivity index (χ3n) is 10.1. The monoisotopic (exact) mass is 353 g/mol. The van der Waals surface area contributed by atoms with Gasteiger partial charge in [0, 0.05) is 23.0 Å². The molecule has 6 rings (SSSR count). The molecule has 26 heavy (non-hydrogen) atoms. The summed E-state index contributed by atoms with van der Waals surface area (Å²) >= 11 is 0. The second-order valence-corrected chi connectivity index (χ2v) is 11.4. The number of rotatable bonds is 5. The maximum absolute atomic E-state index is 13.6. The van der Waals surface area contributed by atoms with Gasteiger partial charge in [-0.05, 0) is 114 Å². The number of hydrogen-bond acceptors (Lipinski definition) is 2. The zero-order valence-electron chi connectivity index (χ0n) is 16.4. The predicted octanol–water partition coefficient (Wildman–Crippen LogP) is 5.88. The van der Waals surface area contributed by atoms with E-state index >= 15 is 0 Å². The third-order valence-corrected chi connectivity index (χ3v) is 10.1. The average molecular weight is 354 g/mol. The molecule has 0 aliphatic heterocycles. The molecule has 142 valence electrons. The van der Waals surface area contributed by atoms with Gasteiger partial charge in [-0.3, -0.25) is 9.79 Å². The van der Waals surface area contributed by atoms with Gasteiger partial charge in [-0.15, -0.1) is 0 Å². The number of aliphatic imine (C=N–C) groups is 1. The minimum absolute atomic E-state index is 0.0737.